The quantitative estimate of drug-likeness (QED) is 0.755. The van der Waals surface area contributed by atoms with Crippen LogP contribution in [0.1, 0.15) is 48.5 Å². The van der Waals surface area contributed by atoms with E-state index in [2.05, 4.69) is 28.0 Å². The number of methoxy groups -OCH3 is 1. The molecule has 7 heteroatoms. The fourth-order valence-corrected chi connectivity index (χ4v) is 5.03. The standard InChI is InChI=1S/C19H24N4O2S/c1-12-8-6-7-11-22(12)16(14-9-4-5-10-15(14)25-3)17-18(24)23-19(26-17)20-13(2)21-23/h4-5,9-10,12,16,24H,6-8,11H2,1-3H3. The predicted octanol–water partition coefficient (Wildman–Crippen LogP) is 3.78. The Labute approximate surface area is 157 Å². The van der Waals surface area contributed by atoms with Crippen LogP contribution in [0.5, 0.6) is 11.6 Å². The normalized spacial score (nSPS) is 19.7. The molecule has 4 rings (SSSR count). The molecule has 0 saturated carbocycles. The third-order valence-electron chi connectivity index (χ3n) is 5.17. The molecule has 0 radical (unpaired) electrons. The van der Waals surface area contributed by atoms with Gasteiger partial charge >= 0.3 is 0 Å². The van der Waals surface area contributed by atoms with Gasteiger partial charge in [-0.25, -0.2) is 4.98 Å². The molecule has 138 valence electrons. The molecule has 0 bridgehead atoms. The molecule has 0 aliphatic carbocycles. The van der Waals surface area contributed by atoms with E-state index in [0.29, 0.717) is 11.9 Å². The molecule has 1 N–H and O–H groups in total. The summed E-state index contributed by atoms with van der Waals surface area (Å²) in [6.45, 7) is 5.10. The van der Waals surface area contributed by atoms with Crippen LogP contribution in [0.15, 0.2) is 24.3 Å². The summed E-state index contributed by atoms with van der Waals surface area (Å²) in [5.41, 5.74) is 1.07. The summed E-state index contributed by atoms with van der Waals surface area (Å²) >= 11 is 1.50. The second-order valence-corrected chi connectivity index (χ2v) is 7.88. The zero-order valence-electron chi connectivity index (χ0n) is 15.3. The lowest BCUT2D eigenvalue weighted by atomic mass is 9.95. The van der Waals surface area contributed by atoms with Crippen molar-refractivity contribution in [1.29, 1.82) is 0 Å². The number of nitrogens with zero attached hydrogens (tertiary/aromatic N) is 4. The molecule has 2 atom stereocenters. The van der Waals surface area contributed by atoms with Gasteiger partial charge in [-0.3, -0.25) is 4.90 Å². The van der Waals surface area contributed by atoms with Crippen molar-refractivity contribution in [2.24, 2.45) is 0 Å². The number of benzene rings is 1. The number of piperidine rings is 1. The Balaban J connectivity index is 1.89. The lowest BCUT2D eigenvalue weighted by Gasteiger charge is -2.39. The summed E-state index contributed by atoms with van der Waals surface area (Å²) in [6, 6.07) is 8.43. The van der Waals surface area contributed by atoms with E-state index in [0.717, 1.165) is 40.5 Å². The molecule has 26 heavy (non-hydrogen) atoms. The van der Waals surface area contributed by atoms with Gasteiger partial charge in [0.15, 0.2) is 0 Å². The monoisotopic (exact) mass is 372 g/mol. The maximum absolute atomic E-state index is 10.9. The van der Waals surface area contributed by atoms with Crippen molar-refractivity contribution in [1.82, 2.24) is 19.5 Å². The topological polar surface area (TPSA) is 62.9 Å². The zero-order chi connectivity index (χ0) is 18.3. The zero-order valence-corrected chi connectivity index (χ0v) is 16.2. The Morgan fingerprint density at radius 2 is 2.12 bits per heavy atom. The van der Waals surface area contributed by atoms with Crippen molar-refractivity contribution in [3.05, 3.63) is 40.5 Å². The SMILES string of the molecule is COc1ccccc1C(c1sc2nc(C)nn2c1O)N1CCCCC1C. The van der Waals surface area contributed by atoms with Gasteiger partial charge < -0.3 is 9.84 Å². The Bertz CT molecular complexity index is 920. The molecule has 1 aromatic carbocycles. The molecule has 2 aromatic heterocycles. The number of hydrogen-bond acceptors (Lipinski definition) is 6. The summed E-state index contributed by atoms with van der Waals surface area (Å²) in [4.78, 5) is 8.50. The molecular weight excluding hydrogens is 348 g/mol. The molecule has 1 fully saturated rings. The van der Waals surface area contributed by atoms with Crippen LogP contribution in [-0.4, -0.2) is 44.3 Å². The maximum atomic E-state index is 10.9. The number of thiazole rings is 1. The Kier molecular flexibility index (Phi) is 4.58. The minimum Gasteiger partial charge on any atom is -0.496 e. The third-order valence-corrected chi connectivity index (χ3v) is 6.25. The van der Waals surface area contributed by atoms with Crippen LogP contribution in [0.4, 0.5) is 0 Å². The number of aromatic nitrogens is 3. The van der Waals surface area contributed by atoms with Crippen molar-refractivity contribution in [3.63, 3.8) is 0 Å². The van der Waals surface area contributed by atoms with Crippen molar-refractivity contribution in [2.45, 2.75) is 45.2 Å². The second-order valence-electron chi connectivity index (χ2n) is 6.87. The lowest BCUT2D eigenvalue weighted by Crippen LogP contribution is -2.40. The first-order chi connectivity index (χ1) is 12.6. The molecule has 2 unspecified atom stereocenters. The maximum Gasteiger partial charge on any atom is 0.230 e. The molecular formula is C19H24N4O2S. The Morgan fingerprint density at radius 1 is 1.31 bits per heavy atom. The fraction of sp³-hybridized carbons (Fsp3) is 0.474. The van der Waals surface area contributed by atoms with Crippen LogP contribution in [-0.2, 0) is 0 Å². The number of fused-ring (bicyclic) bond motifs is 1. The van der Waals surface area contributed by atoms with Gasteiger partial charge in [0.25, 0.3) is 0 Å². The van der Waals surface area contributed by atoms with E-state index in [1.165, 1.54) is 17.8 Å². The molecule has 3 aromatic rings. The van der Waals surface area contributed by atoms with E-state index in [4.69, 9.17) is 4.74 Å². The average molecular weight is 372 g/mol. The largest absolute Gasteiger partial charge is 0.496 e. The van der Waals surface area contributed by atoms with E-state index in [1.807, 2.05) is 25.1 Å². The molecule has 6 nitrogen and oxygen atoms in total. The van der Waals surface area contributed by atoms with E-state index in [-0.39, 0.29) is 11.9 Å². The summed E-state index contributed by atoms with van der Waals surface area (Å²) in [7, 11) is 1.70. The fourth-order valence-electron chi connectivity index (χ4n) is 3.89. The highest BCUT2D eigenvalue weighted by atomic mass is 32.1. The highest BCUT2D eigenvalue weighted by Crippen LogP contribution is 2.44. The number of aryl methyl sites for hydroxylation is 1. The first-order valence-corrected chi connectivity index (χ1v) is 9.85. The highest BCUT2D eigenvalue weighted by Gasteiger charge is 2.34. The first-order valence-electron chi connectivity index (χ1n) is 9.04. The van der Waals surface area contributed by atoms with Gasteiger partial charge in [0.2, 0.25) is 10.8 Å². The van der Waals surface area contributed by atoms with E-state index in [9.17, 15) is 5.11 Å². The highest BCUT2D eigenvalue weighted by molar-refractivity contribution is 7.17. The van der Waals surface area contributed by atoms with Crippen LogP contribution in [0.3, 0.4) is 0 Å². The van der Waals surface area contributed by atoms with Crippen LogP contribution in [0, 0.1) is 6.92 Å². The minimum atomic E-state index is -0.0738. The number of ether oxygens (including phenoxy) is 1. The van der Waals surface area contributed by atoms with Gasteiger partial charge in [0.1, 0.15) is 11.6 Å². The van der Waals surface area contributed by atoms with E-state index < -0.39 is 0 Å². The molecule has 0 spiro atoms. The number of hydrogen-bond donors (Lipinski definition) is 1. The molecule has 1 saturated heterocycles. The molecule has 1 aliphatic heterocycles. The lowest BCUT2D eigenvalue weighted by molar-refractivity contribution is 0.123. The summed E-state index contributed by atoms with van der Waals surface area (Å²) < 4.78 is 7.19. The van der Waals surface area contributed by atoms with Gasteiger partial charge in [-0.15, -0.1) is 5.10 Å². The molecule has 1 aliphatic rings. The van der Waals surface area contributed by atoms with Crippen molar-refractivity contribution in [3.8, 4) is 11.6 Å². The average Bonchev–Trinajstić information content (AvgIpc) is 3.15. The Morgan fingerprint density at radius 3 is 2.85 bits per heavy atom. The van der Waals surface area contributed by atoms with Gasteiger partial charge in [-0.2, -0.15) is 4.52 Å². The number of rotatable bonds is 4. The van der Waals surface area contributed by atoms with Gasteiger partial charge in [0.05, 0.1) is 18.0 Å². The van der Waals surface area contributed by atoms with E-state index in [1.54, 1.807) is 11.6 Å². The minimum absolute atomic E-state index is 0.0738. The van der Waals surface area contributed by atoms with Gasteiger partial charge in [-0.05, 0) is 39.3 Å². The second kappa shape index (κ2) is 6.89. The number of likely N-dealkylation sites (tertiary alicyclic amines) is 1. The van der Waals surface area contributed by atoms with Gasteiger partial charge in [0, 0.05) is 11.6 Å². The number of aromatic hydroxyl groups is 1. The van der Waals surface area contributed by atoms with E-state index >= 15 is 0 Å². The summed E-state index contributed by atoms with van der Waals surface area (Å²) in [5.74, 6) is 1.68. The predicted molar refractivity (Wildman–Crippen MR) is 102 cm³/mol. The van der Waals surface area contributed by atoms with Crippen molar-refractivity contribution < 1.29 is 9.84 Å². The van der Waals surface area contributed by atoms with Crippen LogP contribution < -0.4 is 4.74 Å². The molecule has 3 heterocycles. The summed E-state index contributed by atoms with van der Waals surface area (Å²) in [5, 5.41) is 15.3. The third kappa shape index (κ3) is 2.85. The van der Waals surface area contributed by atoms with Gasteiger partial charge in [-0.1, -0.05) is 36.0 Å². The number of para-hydroxylation sites is 1. The molecule has 0 amide bonds. The van der Waals surface area contributed by atoms with Crippen LogP contribution >= 0.6 is 11.3 Å². The van der Waals surface area contributed by atoms with Crippen LogP contribution in [0.25, 0.3) is 4.96 Å². The Hall–Kier alpha value is -2.12. The smallest absolute Gasteiger partial charge is 0.230 e. The van der Waals surface area contributed by atoms with Crippen molar-refractivity contribution in [2.75, 3.05) is 13.7 Å². The first kappa shape index (κ1) is 17.3. The van der Waals surface area contributed by atoms with Crippen molar-refractivity contribution >= 4 is 16.3 Å². The summed E-state index contributed by atoms with van der Waals surface area (Å²) in [6.07, 6.45) is 3.57. The van der Waals surface area contributed by atoms with Crippen LogP contribution in [0.2, 0.25) is 0 Å².